The quantitative estimate of drug-likeness (QED) is 0.570. The maximum atomic E-state index is 14.3. The molecule has 1 aliphatic carbocycles. The number of nitrogens with one attached hydrogen (secondary N) is 2. The standard InChI is InChI=1S/C20H18FN5O3S/c21-17-11-23-20(25-13-4-2-5-15(10-13)30(22,28)29)26-19(17)24-14-7-8-16-12(9-14)3-1-6-18(16)27/h2,4-5,7-11H,1,3,6H2,(H2,22,28,29)(H2,23,24,25,26). The monoisotopic (exact) mass is 427 g/mol. The maximum absolute atomic E-state index is 14.3. The second-order valence-corrected chi connectivity index (χ2v) is 8.42. The summed E-state index contributed by atoms with van der Waals surface area (Å²) in [6, 6.07) is 11.1. The van der Waals surface area contributed by atoms with Gasteiger partial charge in [0.2, 0.25) is 16.0 Å². The van der Waals surface area contributed by atoms with E-state index in [0.717, 1.165) is 24.6 Å². The highest BCUT2D eigenvalue weighted by molar-refractivity contribution is 7.89. The van der Waals surface area contributed by atoms with E-state index in [2.05, 4.69) is 20.6 Å². The fraction of sp³-hybridized carbons (Fsp3) is 0.150. The number of rotatable bonds is 5. The number of carbonyl (C=O) groups excluding carboxylic acids is 1. The Morgan fingerprint density at radius 2 is 1.83 bits per heavy atom. The van der Waals surface area contributed by atoms with Crippen molar-refractivity contribution in [2.45, 2.75) is 24.2 Å². The highest BCUT2D eigenvalue weighted by Gasteiger charge is 2.18. The van der Waals surface area contributed by atoms with Crippen LogP contribution in [0.3, 0.4) is 0 Å². The highest BCUT2D eigenvalue weighted by atomic mass is 32.2. The molecule has 0 saturated carbocycles. The summed E-state index contributed by atoms with van der Waals surface area (Å²) in [5.41, 5.74) is 2.60. The lowest BCUT2D eigenvalue weighted by atomic mass is 9.90. The molecule has 1 aliphatic rings. The predicted molar refractivity (Wildman–Crippen MR) is 110 cm³/mol. The largest absolute Gasteiger partial charge is 0.338 e. The minimum atomic E-state index is -3.86. The Bertz CT molecular complexity index is 1250. The van der Waals surface area contributed by atoms with E-state index in [-0.39, 0.29) is 22.4 Å². The molecular formula is C20H18FN5O3S. The molecule has 0 spiro atoms. The third-order valence-corrected chi connectivity index (χ3v) is 5.59. The number of nitrogens with two attached hydrogens (primary N) is 1. The zero-order valence-electron chi connectivity index (χ0n) is 15.7. The molecule has 0 saturated heterocycles. The number of sulfonamides is 1. The third kappa shape index (κ3) is 4.29. The van der Waals surface area contributed by atoms with E-state index >= 15 is 0 Å². The number of hydrogen-bond donors (Lipinski definition) is 3. The Labute approximate surface area is 172 Å². The normalized spacial score (nSPS) is 13.6. The molecule has 3 aromatic rings. The Morgan fingerprint density at radius 3 is 2.63 bits per heavy atom. The van der Waals surface area contributed by atoms with Crippen LogP contribution in [0, 0.1) is 5.82 Å². The zero-order valence-corrected chi connectivity index (χ0v) is 16.5. The van der Waals surface area contributed by atoms with Crippen molar-refractivity contribution >= 4 is 38.9 Å². The number of hydrogen-bond acceptors (Lipinski definition) is 7. The van der Waals surface area contributed by atoms with Gasteiger partial charge < -0.3 is 10.6 Å². The molecule has 30 heavy (non-hydrogen) atoms. The first-order valence-corrected chi connectivity index (χ1v) is 10.7. The first kappa shape index (κ1) is 19.9. The lowest BCUT2D eigenvalue weighted by molar-refractivity contribution is 0.0972. The number of benzene rings is 2. The van der Waals surface area contributed by atoms with Gasteiger partial charge in [0.05, 0.1) is 11.1 Å². The minimum absolute atomic E-state index is 0.0582. The summed E-state index contributed by atoms with van der Waals surface area (Å²) >= 11 is 0. The summed E-state index contributed by atoms with van der Waals surface area (Å²) in [5, 5.41) is 10.9. The topological polar surface area (TPSA) is 127 Å². The average molecular weight is 427 g/mol. The lowest BCUT2D eigenvalue weighted by Gasteiger charge is -2.16. The molecule has 2 aromatic carbocycles. The number of anilines is 4. The predicted octanol–water partition coefficient (Wildman–Crippen LogP) is 3.27. The van der Waals surface area contributed by atoms with Crippen molar-refractivity contribution in [1.82, 2.24) is 9.97 Å². The number of primary sulfonamides is 1. The first-order valence-electron chi connectivity index (χ1n) is 9.15. The molecule has 4 rings (SSSR count). The molecule has 0 aliphatic heterocycles. The van der Waals surface area contributed by atoms with Gasteiger partial charge in [-0.2, -0.15) is 4.98 Å². The molecule has 0 fully saturated rings. The summed E-state index contributed by atoms with van der Waals surface area (Å²) in [4.78, 5) is 19.9. The van der Waals surface area contributed by atoms with Gasteiger partial charge in [0.15, 0.2) is 17.4 Å². The number of fused-ring (bicyclic) bond motifs is 1. The van der Waals surface area contributed by atoms with Crippen LogP contribution >= 0.6 is 0 Å². The van der Waals surface area contributed by atoms with E-state index in [1.807, 2.05) is 6.07 Å². The van der Waals surface area contributed by atoms with Gasteiger partial charge in [0.25, 0.3) is 0 Å². The second kappa shape index (κ2) is 7.81. The molecule has 154 valence electrons. The lowest BCUT2D eigenvalue weighted by Crippen LogP contribution is -2.12. The summed E-state index contributed by atoms with van der Waals surface area (Å²) in [6.07, 6.45) is 3.13. The molecule has 0 amide bonds. The average Bonchev–Trinajstić information content (AvgIpc) is 2.70. The molecule has 0 bridgehead atoms. The van der Waals surface area contributed by atoms with Gasteiger partial charge in [0, 0.05) is 23.4 Å². The highest BCUT2D eigenvalue weighted by Crippen LogP contribution is 2.27. The van der Waals surface area contributed by atoms with Crippen LogP contribution < -0.4 is 15.8 Å². The third-order valence-electron chi connectivity index (χ3n) is 4.68. The van der Waals surface area contributed by atoms with Crippen LogP contribution in [0.5, 0.6) is 0 Å². The van der Waals surface area contributed by atoms with Gasteiger partial charge >= 0.3 is 0 Å². The fourth-order valence-electron chi connectivity index (χ4n) is 3.26. The van der Waals surface area contributed by atoms with Crippen molar-refractivity contribution in [1.29, 1.82) is 0 Å². The van der Waals surface area contributed by atoms with Crippen molar-refractivity contribution < 1.29 is 17.6 Å². The number of halogens is 1. The van der Waals surface area contributed by atoms with E-state index < -0.39 is 15.8 Å². The smallest absolute Gasteiger partial charge is 0.238 e. The van der Waals surface area contributed by atoms with Crippen molar-refractivity contribution in [3.05, 3.63) is 65.6 Å². The Morgan fingerprint density at radius 1 is 1.03 bits per heavy atom. The maximum Gasteiger partial charge on any atom is 0.238 e. The second-order valence-electron chi connectivity index (χ2n) is 6.86. The van der Waals surface area contributed by atoms with Crippen LogP contribution in [0.1, 0.15) is 28.8 Å². The van der Waals surface area contributed by atoms with E-state index in [1.54, 1.807) is 18.2 Å². The van der Waals surface area contributed by atoms with Gasteiger partial charge in [-0.3, -0.25) is 4.79 Å². The van der Waals surface area contributed by atoms with Gasteiger partial charge in [-0.15, -0.1) is 0 Å². The number of Topliss-reactive ketones (excluding diaryl/α,β-unsaturated/α-hetero) is 1. The molecule has 1 aromatic heterocycles. The van der Waals surface area contributed by atoms with E-state index in [0.29, 0.717) is 23.4 Å². The molecule has 0 radical (unpaired) electrons. The number of aryl methyl sites for hydroxylation is 1. The van der Waals surface area contributed by atoms with Crippen LogP contribution in [-0.2, 0) is 16.4 Å². The Kier molecular flexibility index (Phi) is 5.18. The van der Waals surface area contributed by atoms with Crippen LogP contribution in [0.15, 0.2) is 53.6 Å². The summed E-state index contributed by atoms with van der Waals surface area (Å²) < 4.78 is 37.3. The first-order chi connectivity index (χ1) is 14.3. The number of ketones is 1. The molecule has 1 heterocycles. The Balaban J connectivity index is 1.58. The van der Waals surface area contributed by atoms with Crippen molar-refractivity contribution in [2.75, 3.05) is 10.6 Å². The molecule has 8 nitrogen and oxygen atoms in total. The van der Waals surface area contributed by atoms with Crippen molar-refractivity contribution in [3.8, 4) is 0 Å². The molecule has 10 heteroatoms. The van der Waals surface area contributed by atoms with E-state index in [1.165, 1.54) is 18.2 Å². The van der Waals surface area contributed by atoms with Gasteiger partial charge in [0.1, 0.15) is 0 Å². The Hall–Kier alpha value is -3.37. The van der Waals surface area contributed by atoms with Crippen molar-refractivity contribution in [2.24, 2.45) is 5.14 Å². The van der Waals surface area contributed by atoms with Gasteiger partial charge in [-0.25, -0.2) is 22.9 Å². The fourth-order valence-corrected chi connectivity index (χ4v) is 3.82. The van der Waals surface area contributed by atoms with Crippen LogP contribution in [0.2, 0.25) is 0 Å². The molecule has 0 atom stereocenters. The van der Waals surface area contributed by atoms with Crippen molar-refractivity contribution in [3.63, 3.8) is 0 Å². The van der Waals surface area contributed by atoms with Gasteiger partial charge in [-0.05, 0) is 54.8 Å². The molecular weight excluding hydrogens is 409 g/mol. The summed E-state index contributed by atoms with van der Waals surface area (Å²) in [7, 11) is -3.86. The minimum Gasteiger partial charge on any atom is -0.338 e. The van der Waals surface area contributed by atoms with Crippen LogP contribution in [-0.4, -0.2) is 24.2 Å². The summed E-state index contributed by atoms with van der Waals surface area (Å²) in [5.74, 6) is -0.535. The van der Waals surface area contributed by atoms with Crippen LogP contribution in [0.25, 0.3) is 0 Å². The van der Waals surface area contributed by atoms with E-state index in [4.69, 9.17) is 5.14 Å². The number of carbonyl (C=O) groups is 1. The zero-order chi connectivity index (χ0) is 21.3. The van der Waals surface area contributed by atoms with E-state index in [9.17, 15) is 17.6 Å². The number of nitrogens with zero attached hydrogens (tertiary/aromatic N) is 2. The van der Waals surface area contributed by atoms with Crippen LogP contribution in [0.4, 0.5) is 27.5 Å². The summed E-state index contributed by atoms with van der Waals surface area (Å²) in [6.45, 7) is 0. The SMILES string of the molecule is NS(=O)(=O)c1cccc(Nc2ncc(F)c(Nc3ccc4c(c3)CCCC4=O)n2)c1. The van der Waals surface area contributed by atoms with Gasteiger partial charge in [-0.1, -0.05) is 6.07 Å². The molecule has 0 unspecified atom stereocenters. The molecule has 4 N–H and O–H groups in total. The number of aromatic nitrogens is 2.